The van der Waals surface area contributed by atoms with E-state index in [-0.39, 0.29) is 4.83 Å². The Hall–Kier alpha value is -1.06. The number of para-hydroxylation sites is 1. The largest absolute Gasteiger partial charge is 0.496 e. The highest BCUT2D eigenvalue weighted by molar-refractivity contribution is 9.09. The number of ether oxygens (including phenoxy) is 1. The second-order valence-electron chi connectivity index (χ2n) is 3.88. The van der Waals surface area contributed by atoms with E-state index in [1.807, 2.05) is 30.3 Å². The van der Waals surface area contributed by atoms with Crippen LogP contribution in [0.4, 0.5) is 0 Å². The van der Waals surface area contributed by atoms with Crippen LogP contribution >= 0.6 is 27.5 Å². The molecule has 0 aliphatic heterocycles. The molecular weight excluding hydrogens is 314 g/mol. The van der Waals surface area contributed by atoms with Gasteiger partial charge < -0.3 is 4.74 Å². The number of aromatic nitrogens is 1. The summed E-state index contributed by atoms with van der Waals surface area (Å²) in [4.78, 5) is 4.15. The normalized spacial score (nSPS) is 12.2. The number of pyridine rings is 1. The van der Waals surface area contributed by atoms with E-state index in [0.717, 1.165) is 23.3 Å². The SMILES string of the molecule is COc1ccccc1C(Br)Cc1ccncc1Cl. The monoisotopic (exact) mass is 325 g/mol. The molecule has 2 rings (SSSR count). The molecule has 2 aromatic rings. The molecule has 0 fully saturated rings. The zero-order valence-corrected chi connectivity index (χ0v) is 12.3. The lowest BCUT2D eigenvalue weighted by atomic mass is 10.0. The first-order valence-electron chi connectivity index (χ1n) is 5.57. The van der Waals surface area contributed by atoms with E-state index in [9.17, 15) is 0 Å². The number of rotatable bonds is 4. The minimum atomic E-state index is 0.161. The lowest BCUT2D eigenvalue weighted by Gasteiger charge is -2.14. The van der Waals surface area contributed by atoms with Crippen molar-refractivity contribution in [2.75, 3.05) is 7.11 Å². The average molecular weight is 327 g/mol. The summed E-state index contributed by atoms with van der Waals surface area (Å²) in [6.45, 7) is 0. The Labute approximate surface area is 120 Å². The highest BCUT2D eigenvalue weighted by Crippen LogP contribution is 2.34. The molecule has 0 saturated carbocycles. The Morgan fingerprint density at radius 3 is 2.83 bits per heavy atom. The van der Waals surface area contributed by atoms with Gasteiger partial charge in [-0.25, -0.2) is 0 Å². The predicted molar refractivity (Wildman–Crippen MR) is 77.6 cm³/mol. The van der Waals surface area contributed by atoms with Gasteiger partial charge in [0.1, 0.15) is 5.75 Å². The first-order valence-corrected chi connectivity index (χ1v) is 6.87. The topological polar surface area (TPSA) is 22.1 Å². The molecule has 2 nitrogen and oxygen atoms in total. The quantitative estimate of drug-likeness (QED) is 0.776. The lowest BCUT2D eigenvalue weighted by Crippen LogP contribution is -1.99. The van der Waals surface area contributed by atoms with Crippen LogP contribution in [-0.4, -0.2) is 12.1 Å². The third-order valence-corrected chi connectivity index (χ3v) is 3.89. The van der Waals surface area contributed by atoms with E-state index in [2.05, 4.69) is 20.9 Å². The summed E-state index contributed by atoms with van der Waals surface area (Å²) in [5.41, 5.74) is 2.19. The van der Waals surface area contributed by atoms with E-state index in [4.69, 9.17) is 16.3 Å². The first-order chi connectivity index (χ1) is 8.72. The maximum absolute atomic E-state index is 6.11. The van der Waals surface area contributed by atoms with Crippen LogP contribution in [0.15, 0.2) is 42.7 Å². The molecule has 0 amide bonds. The molecule has 1 heterocycles. The van der Waals surface area contributed by atoms with Crippen molar-refractivity contribution in [3.8, 4) is 5.75 Å². The molecule has 0 saturated heterocycles. The van der Waals surface area contributed by atoms with E-state index in [1.165, 1.54) is 0 Å². The molecule has 0 radical (unpaired) electrons. The van der Waals surface area contributed by atoms with Gasteiger partial charge in [-0.05, 0) is 24.1 Å². The van der Waals surface area contributed by atoms with E-state index in [1.54, 1.807) is 19.5 Å². The number of methoxy groups -OCH3 is 1. The number of benzene rings is 1. The summed E-state index contributed by atoms with van der Waals surface area (Å²) in [6, 6.07) is 9.90. The molecular formula is C14H13BrClNO. The van der Waals surface area contributed by atoms with Crippen molar-refractivity contribution in [3.05, 3.63) is 58.9 Å². The Balaban J connectivity index is 2.22. The third kappa shape index (κ3) is 3.03. The van der Waals surface area contributed by atoms with Crippen molar-refractivity contribution in [1.29, 1.82) is 0 Å². The van der Waals surface area contributed by atoms with Crippen LogP contribution in [0.25, 0.3) is 0 Å². The van der Waals surface area contributed by atoms with E-state index in [0.29, 0.717) is 5.02 Å². The van der Waals surface area contributed by atoms with Crippen LogP contribution in [0, 0.1) is 0 Å². The minimum Gasteiger partial charge on any atom is -0.496 e. The standard InChI is InChI=1S/C14H13BrClNO/c1-18-14-5-3-2-4-11(14)12(15)8-10-6-7-17-9-13(10)16/h2-7,9,12H,8H2,1H3. The second kappa shape index (κ2) is 6.21. The number of alkyl halides is 1. The van der Waals surface area contributed by atoms with Crippen molar-refractivity contribution in [3.63, 3.8) is 0 Å². The van der Waals surface area contributed by atoms with Crippen LogP contribution < -0.4 is 4.74 Å². The molecule has 4 heteroatoms. The van der Waals surface area contributed by atoms with Gasteiger partial charge in [0.15, 0.2) is 0 Å². The van der Waals surface area contributed by atoms with Crippen LogP contribution in [0.3, 0.4) is 0 Å². The number of halogens is 2. The molecule has 18 heavy (non-hydrogen) atoms. The smallest absolute Gasteiger partial charge is 0.123 e. The maximum atomic E-state index is 6.11. The van der Waals surface area contributed by atoms with Gasteiger partial charge in [-0.3, -0.25) is 4.98 Å². The average Bonchev–Trinajstić information content (AvgIpc) is 2.41. The maximum Gasteiger partial charge on any atom is 0.123 e. The summed E-state index contributed by atoms with van der Waals surface area (Å²) in [6.07, 6.45) is 4.21. The molecule has 1 aromatic heterocycles. The van der Waals surface area contributed by atoms with Crippen LogP contribution in [0.2, 0.25) is 5.02 Å². The second-order valence-corrected chi connectivity index (χ2v) is 5.39. The predicted octanol–water partition coefficient (Wildman–Crippen LogP) is 4.42. The summed E-state index contributed by atoms with van der Waals surface area (Å²) < 4.78 is 5.36. The van der Waals surface area contributed by atoms with Gasteiger partial charge in [0.25, 0.3) is 0 Å². The molecule has 0 aliphatic rings. The molecule has 0 N–H and O–H groups in total. The number of hydrogen-bond acceptors (Lipinski definition) is 2. The van der Waals surface area contributed by atoms with Gasteiger partial charge in [0.2, 0.25) is 0 Å². The van der Waals surface area contributed by atoms with E-state index < -0.39 is 0 Å². The fourth-order valence-electron chi connectivity index (χ4n) is 1.80. The van der Waals surface area contributed by atoms with Crippen molar-refractivity contribution in [2.45, 2.75) is 11.2 Å². The molecule has 1 atom stereocenters. The Kier molecular flexibility index (Phi) is 4.61. The van der Waals surface area contributed by atoms with E-state index >= 15 is 0 Å². The van der Waals surface area contributed by atoms with Gasteiger partial charge in [0.05, 0.1) is 12.1 Å². The fraction of sp³-hybridized carbons (Fsp3) is 0.214. The fourth-order valence-corrected chi connectivity index (χ4v) is 2.72. The van der Waals surface area contributed by atoms with Gasteiger partial charge in [0, 0.05) is 22.8 Å². The Bertz CT molecular complexity index is 533. The van der Waals surface area contributed by atoms with Gasteiger partial charge >= 0.3 is 0 Å². The van der Waals surface area contributed by atoms with Crippen molar-refractivity contribution < 1.29 is 4.74 Å². The van der Waals surface area contributed by atoms with Crippen LogP contribution in [-0.2, 0) is 6.42 Å². The molecule has 1 unspecified atom stereocenters. The van der Waals surface area contributed by atoms with Crippen LogP contribution in [0.5, 0.6) is 5.75 Å². The summed E-state index contributed by atoms with van der Waals surface area (Å²) in [5, 5.41) is 0.692. The van der Waals surface area contributed by atoms with Gasteiger partial charge in [-0.1, -0.05) is 45.7 Å². The Morgan fingerprint density at radius 2 is 2.11 bits per heavy atom. The first kappa shape index (κ1) is 13.4. The molecule has 1 aromatic carbocycles. The minimum absolute atomic E-state index is 0.161. The molecule has 94 valence electrons. The zero-order chi connectivity index (χ0) is 13.0. The summed E-state index contributed by atoms with van der Waals surface area (Å²) >= 11 is 9.80. The summed E-state index contributed by atoms with van der Waals surface area (Å²) in [5.74, 6) is 0.879. The third-order valence-electron chi connectivity index (χ3n) is 2.73. The number of hydrogen-bond donors (Lipinski definition) is 0. The van der Waals surface area contributed by atoms with Crippen molar-refractivity contribution in [2.24, 2.45) is 0 Å². The van der Waals surface area contributed by atoms with Crippen molar-refractivity contribution in [1.82, 2.24) is 4.98 Å². The summed E-state index contributed by atoms with van der Waals surface area (Å²) in [7, 11) is 1.68. The Morgan fingerprint density at radius 1 is 1.33 bits per heavy atom. The number of nitrogens with zero attached hydrogens (tertiary/aromatic N) is 1. The van der Waals surface area contributed by atoms with Gasteiger partial charge in [-0.15, -0.1) is 0 Å². The van der Waals surface area contributed by atoms with Gasteiger partial charge in [-0.2, -0.15) is 0 Å². The molecule has 0 bridgehead atoms. The highest BCUT2D eigenvalue weighted by Gasteiger charge is 2.14. The van der Waals surface area contributed by atoms with Crippen molar-refractivity contribution >= 4 is 27.5 Å². The van der Waals surface area contributed by atoms with Crippen LogP contribution in [0.1, 0.15) is 16.0 Å². The molecule has 0 aliphatic carbocycles. The molecule has 0 spiro atoms. The zero-order valence-electron chi connectivity index (χ0n) is 9.94. The lowest BCUT2D eigenvalue weighted by molar-refractivity contribution is 0.409. The highest BCUT2D eigenvalue weighted by atomic mass is 79.9.